The van der Waals surface area contributed by atoms with Gasteiger partial charge in [-0.1, -0.05) is 0 Å². The molecule has 0 aromatic carbocycles. The molecule has 0 unspecified atom stereocenters. The monoisotopic (exact) mass is 374 g/mol. The van der Waals surface area contributed by atoms with E-state index in [1.54, 1.807) is 12.3 Å². The average molecular weight is 374 g/mol. The van der Waals surface area contributed by atoms with Crippen LogP contribution in [-0.2, 0) is 9.53 Å². The predicted octanol–water partition coefficient (Wildman–Crippen LogP) is 0.820. The fourth-order valence-corrected chi connectivity index (χ4v) is 4.00. The third-order valence-corrected chi connectivity index (χ3v) is 5.80. The summed E-state index contributed by atoms with van der Waals surface area (Å²) in [6.45, 7) is 5.90. The number of anilines is 2. The second kappa shape index (κ2) is 8.39. The second-order valence-electron chi connectivity index (χ2n) is 8.10. The summed E-state index contributed by atoms with van der Waals surface area (Å²) in [7, 11) is 0. The number of rotatable bonds is 7. The van der Waals surface area contributed by atoms with Crippen LogP contribution < -0.4 is 11.1 Å². The number of carbonyl (C=O) groups excluding carboxylic acids is 1. The van der Waals surface area contributed by atoms with E-state index in [0.717, 1.165) is 12.5 Å². The van der Waals surface area contributed by atoms with Crippen LogP contribution in [0.25, 0.3) is 0 Å². The van der Waals surface area contributed by atoms with E-state index in [1.807, 2.05) is 4.90 Å². The van der Waals surface area contributed by atoms with Crippen LogP contribution in [0.4, 0.5) is 11.8 Å². The highest BCUT2D eigenvalue weighted by atomic mass is 16.5. The van der Waals surface area contributed by atoms with Gasteiger partial charge in [-0.25, -0.2) is 4.98 Å². The zero-order valence-electron chi connectivity index (χ0n) is 15.8. The Balaban J connectivity index is 1.22. The number of nitrogens with zero attached hydrogens (tertiary/aromatic N) is 4. The van der Waals surface area contributed by atoms with Crippen molar-refractivity contribution in [3.05, 3.63) is 12.3 Å². The molecule has 3 aliphatic rings. The minimum absolute atomic E-state index is 0.0335. The van der Waals surface area contributed by atoms with Gasteiger partial charge in [-0.2, -0.15) is 4.98 Å². The molecule has 4 rings (SSSR count). The van der Waals surface area contributed by atoms with Gasteiger partial charge in [0, 0.05) is 32.4 Å². The van der Waals surface area contributed by atoms with Crippen LogP contribution in [0.3, 0.4) is 0 Å². The van der Waals surface area contributed by atoms with E-state index in [-0.39, 0.29) is 24.6 Å². The maximum Gasteiger partial charge on any atom is 0.248 e. The number of likely N-dealkylation sites (tertiary alicyclic amines) is 1. The first-order valence-electron chi connectivity index (χ1n) is 10.1. The van der Waals surface area contributed by atoms with Crippen LogP contribution in [0.5, 0.6) is 0 Å². The Labute approximate surface area is 160 Å². The molecule has 1 saturated carbocycles. The lowest BCUT2D eigenvalue weighted by atomic mass is 9.95. The van der Waals surface area contributed by atoms with Gasteiger partial charge in [-0.05, 0) is 56.7 Å². The van der Waals surface area contributed by atoms with E-state index in [0.29, 0.717) is 24.8 Å². The van der Waals surface area contributed by atoms with Crippen molar-refractivity contribution in [3.8, 4) is 0 Å². The third kappa shape index (κ3) is 5.29. The first kappa shape index (κ1) is 18.4. The summed E-state index contributed by atoms with van der Waals surface area (Å²) < 4.78 is 5.69. The fourth-order valence-electron chi connectivity index (χ4n) is 4.00. The molecule has 0 radical (unpaired) electrons. The fraction of sp³-hybridized carbons (Fsp3) is 0.737. The highest BCUT2D eigenvalue weighted by molar-refractivity contribution is 5.78. The van der Waals surface area contributed by atoms with Crippen molar-refractivity contribution in [1.82, 2.24) is 19.8 Å². The molecule has 0 bridgehead atoms. The van der Waals surface area contributed by atoms with E-state index < -0.39 is 0 Å². The molecule has 8 heteroatoms. The molecule has 2 aliphatic heterocycles. The number of hydrogen-bond acceptors (Lipinski definition) is 7. The zero-order chi connectivity index (χ0) is 18.6. The van der Waals surface area contributed by atoms with Gasteiger partial charge in [0.2, 0.25) is 11.9 Å². The lowest BCUT2D eigenvalue weighted by Crippen LogP contribution is -2.51. The third-order valence-electron chi connectivity index (χ3n) is 5.80. The van der Waals surface area contributed by atoms with Crippen molar-refractivity contribution in [1.29, 1.82) is 0 Å². The molecule has 8 nitrogen and oxygen atoms in total. The molecule has 1 aliphatic carbocycles. The zero-order valence-corrected chi connectivity index (χ0v) is 15.8. The molecule has 3 N–H and O–H groups in total. The lowest BCUT2D eigenvalue weighted by Gasteiger charge is -2.38. The van der Waals surface area contributed by atoms with Crippen LogP contribution in [0.15, 0.2) is 12.3 Å². The van der Waals surface area contributed by atoms with Crippen LogP contribution in [0.2, 0.25) is 0 Å². The van der Waals surface area contributed by atoms with Gasteiger partial charge in [-0.3, -0.25) is 4.79 Å². The van der Waals surface area contributed by atoms with Gasteiger partial charge in [0.05, 0.1) is 6.10 Å². The van der Waals surface area contributed by atoms with Crippen LogP contribution >= 0.6 is 0 Å². The number of piperidine rings is 1. The number of amides is 1. The summed E-state index contributed by atoms with van der Waals surface area (Å²) in [5.74, 6) is 2.60. The first-order chi connectivity index (χ1) is 13.2. The number of nitrogen functional groups attached to an aromatic ring is 1. The number of hydrogen-bond donors (Lipinski definition) is 2. The van der Waals surface area contributed by atoms with Crippen molar-refractivity contribution in [2.75, 3.05) is 56.9 Å². The second-order valence-corrected chi connectivity index (χ2v) is 8.10. The predicted molar refractivity (Wildman–Crippen MR) is 103 cm³/mol. The SMILES string of the molecule is Nc1nccc(NC[C@H]2CN(CC3CCN(CC4CC4)CC3)C(=O)CO2)n1. The van der Waals surface area contributed by atoms with Crippen LogP contribution in [0.1, 0.15) is 25.7 Å². The molecule has 2 saturated heterocycles. The van der Waals surface area contributed by atoms with Crippen molar-refractivity contribution in [3.63, 3.8) is 0 Å². The number of aromatic nitrogens is 2. The summed E-state index contributed by atoms with van der Waals surface area (Å²) in [6, 6.07) is 1.78. The first-order valence-corrected chi connectivity index (χ1v) is 10.1. The molecular weight excluding hydrogens is 344 g/mol. The van der Waals surface area contributed by atoms with Crippen molar-refractivity contribution in [2.45, 2.75) is 31.8 Å². The summed E-state index contributed by atoms with van der Waals surface area (Å²) in [4.78, 5) is 24.9. The van der Waals surface area contributed by atoms with Crippen molar-refractivity contribution >= 4 is 17.7 Å². The maximum absolute atomic E-state index is 12.3. The average Bonchev–Trinajstić information content (AvgIpc) is 3.48. The number of ether oxygens (including phenoxy) is 1. The molecule has 3 fully saturated rings. The Kier molecular flexibility index (Phi) is 5.73. The quantitative estimate of drug-likeness (QED) is 0.729. The van der Waals surface area contributed by atoms with E-state index in [2.05, 4.69) is 20.2 Å². The van der Waals surface area contributed by atoms with E-state index in [4.69, 9.17) is 10.5 Å². The minimum atomic E-state index is -0.0335. The lowest BCUT2D eigenvalue weighted by molar-refractivity contribution is -0.149. The summed E-state index contributed by atoms with van der Waals surface area (Å²) in [5.41, 5.74) is 5.60. The number of carbonyl (C=O) groups is 1. The molecule has 1 atom stereocenters. The molecule has 1 aromatic heterocycles. The van der Waals surface area contributed by atoms with Crippen molar-refractivity contribution in [2.24, 2.45) is 11.8 Å². The number of morpholine rings is 1. The molecule has 0 spiro atoms. The van der Waals surface area contributed by atoms with Gasteiger partial charge < -0.3 is 25.6 Å². The van der Waals surface area contributed by atoms with Gasteiger partial charge in [0.15, 0.2) is 0 Å². The van der Waals surface area contributed by atoms with Gasteiger partial charge in [0.25, 0.3) is 0 Å². The van der Waals surface area contributed by atoms with Gasteiger partial charge in [-0.15, -0.1) is 0 Å². The standard InChI is InChI=1S/C19H30N6O2/c20-19-21-6-3-17(23-19)22-9-16-12-25(18(26)13-27-16)11-15-4-7-24(8-5-15)10-14-1-2-14/h3,6,14-16H,1-2,4-5,7-13H2,(H3,20,21,22,23)/t16-/m0/s1. The van der Waals surface area contributed by atoms with E-state index in [1.165, 1.54) is 45.3 Å². The molecule has 1 aromatic rings. The summed E-state index contributed by atoms with van der Waals surface area (Å²) in [5, 5.41) is 3.22. The summed E-state index contributed by atoms with van der Waals surface area (Å²) >= 11 is 0. The topological polar surface area (TPSA) is 96.6 Å². The van der Waals surface area contributed by atoms with Gasteiger partial charge >= 0.3 is 0 Å². The van der Waals surface area contributed by atoms with Crippen LogP contribution in [0, 0.1) is 11.8 Å². The highest BCUT2D eigenvalue weighted by Crippen LogP contribution is 2.31. The van der Waals surface area contributed by atoms with Crippen LogP contribution in [-0.4, -0.2) is 77.7 Å². The molecule has 3 heterocycles. The number of nitrogens with two attached hydrogens (primary N) is 1. The molecule has 1 amide bonds. The highest BCUT2D eigenvalue weighted by Gasteiger charge is 2.31. The maximum atomic E-state index is 12.3. The molecular formula is C19H30N6O2. The number of nitrogens with one attached hydrogen (secondary N) is 1. The Hall–Kier alpha value is -1.93. The Morgan fingerprint density at radius 1 is 1.19 bits per heavy atom. The normalized spacial score (nSPS) is 25.0. The summed E-state index contributed by atoms with van der Waals surface area (Å²) in [6.07, 6.45) is 6.81. The Morgan fingerprint density at radius 3 is 2.70 bits per heavy atom. The largest absolute Gasteiger partial charge is 0.368 e. The molecule has 27 heavy (non-hydrogen) atoms. The van der Waals surface area contributed by atoms with E-state index in [9.17, 15) is 4.79 Å². The Morgan fingerprint density at radius 2 is 1.96 bits per heavy atom. The molecule has 148 valence electrons. The van der Waals surface area contributed by atoms with Crippen molar-refractivity contribution < 1.29 is 9.53 Å². The minimum Gasteiger partial charge on any atom is -0.368 e. The Bertz CT molecular complexity index is 645. The van der Waals surface area contributed by atoms with E-state index >= 15 is 0 Å². The smallest absolute Gasteiger partial charge is 0.248 e. The van der Waals surface area contributed by atoms with Gasteiger partial charge in [0.1, 0.15) is 12.4 Å².